The van der Waals surface area contributed by atoms with E-state index in [9.17, 15) is 14.0 Å². The quantitative estimate of drug-likeness (QED) is 0.797. The molecule has 1 aliphatic heterocycles. The zero-order valence-corrected chi connectivity index (χ0v) is 15.8. The van der Waals surface area contributed by atoms with E-state index in [0.717, 1.165) is 16.7 Å². The Morgan fingerprint density at radius 2 is 1.93 bits per heavy atom. The SMILES string of the molecule is C=C(CCNC(C)=O)OC(=O)N1CCc2ccccc2[C@@H]1c1ccc(F)cc1. The van der Waals surface area contributed by atoms with E-state index in [4.69, 9.17) is 4.74 Å². The van der Waals surface area contributed by atoms with Crippen molar-refractivity contribution in [3.05, 3.63) is 83.4 Å². The van der Waals surface area contributed by atoms with E-state index in [1.165, 1.54) is 19.1 Å². The molecule has 0 aromatic heterocycles. The van der Waals surface area contributed by atoms with E-state index in [1.54, 1.807) is 17.0 Å². The van der Waals surface area contributed by atoms with Gasteiger partial charge in [0.25, 0.3) is 0 Å². The molecule has 1 heterocycles. The van der Waals surface area contributed by atoms with Gasteiger partial charge in [-0.2, -0.15) is 0 Å². The lowest BCUT2D eigenvalue weighted by Gasteiger charge is -2.37. The molecule has 1 aliphatic rings. The average molecular weight is 382 g/mol. The van der Waals surface area contributed by atoms with Crippen molar-refractivity contribution in [2.75, 3.05) is 13.1 Å². The number of carbonyl (C=O) groups is 2. The predicted molar refractivity (Wildman–Crippen MR) is 104 cm³/mol. The molecule has 28 heavy (non-hydrogen) atoms. The molecular weight excluding hydrogens is 359 g/mol. The lowest BCUT2D eigenvalue weighted by molar-refractivity contribution is -0.118. The van der Waals surface area contributed by atoms with E-state index in [-0.39, 0.29) is 23.5 Å². The molecule has 0 aliphatic carbocycles. The summed E-state index contributed by atoms with van der Waals surface area (Å²) >= 11 is 0. The molecular formula is C22H23FN2O3. The molecule has 1 N–H and O–H groups in total. The summed E-state index contributed by atoms with van der Waals surface area (Å²) in [5.41, 5.74) is 2.97. The number of benzene rings is 2. The van der Waals surface area contributed by atoms with E-state index in [1.807, 2.05) is 24.3 Å². The van der Waals surface area contributed by atoms with Crippen LogP contribution in [0.15, 0.2) is 60.9 Å². The molecule has 0 saturated carbocycles. The van der Waals surface area contributed by atoms with Crippen molar-refractivity contribution < 1.29 is 18.7 Å². The van der Waals surface area contributed by atoms with Gasteiger partial charge in [0.2, 0.25) is 5.91 Å². The highest BCUT2D eigenvalue weighted by atomic mass is 19.1. The molecule has 0 spiro atoms. The second-order valence-corrected chi connectivity index (χ2v) is 6.74. The smallest absolute Gasteiger partial charge is 0.415 e. The Balaban J connectivity index is 1.80. The first kappa shape index (κ1) is 19.6. The van der Waals surface area contributed by atoms with Crippen molar-refractivity contribution in [2.45, 2.75) is 25.8 Å². The van der Waals surface area contributed by atoms with Crippen molar-refractivity contribution in [2.24, 2.45) is 0 Å². The summed E-state index contributed by atoms with van der Waals surface area (Å²) in [4.78, 5) is 25.4. The minimum atomic E-state index is -0.503. The maximum absolute atomic E-state index is 13.4. The van der Waals surface area contributed by atoms with Crippen molar-refractivity contribution in [1.29, 1.82) is 0 Å². The van der Waals surface area contributed by atoms with Gasteiger partial charge in [-0.3, -0.25) is 9.69 Å². The fraction of sp³-hybridized carbons (Fsp3) is 0.273. The van der Waals surface area contributed by atoms with Crippen molar-refractivity contribution in [3.8, 4) is 0 Å². The van der Waals surface area contributed by atoms with Crippen LogP contribution in [-0.4, -0.2) is 30.0 Å². The van der Waals surface area contributed by atoms with Crippen LogP contribution in [0, 0.1) is 5.82 Å². The first-order chi connectivity index (χ1) is 13.5. The fourth-order valence-electron chi connectivity index (χ4n) is 3.38. The monoisotopic (exact) mass is 382 g/mol. The maximum Gasteiger partial charge on any atom is 0.415 e. The Hall–Kier alpha value is -3.15. The summed E-state index contributed by atoms with van der Waals surface area (Å²) in [7, 11) is 0. The first-order valence-corrected chi connectivity index (χ1v) is 9.19. The van der Waals surface area contributed by atoms with Gasteiger partial charge in [0.15, 0.2) is 0 Å². The number of hydrogen-bond donors (Lipinski definition) is 1. The largest absolute Gasteiger partial charge is 0.415 e. The van der Waals surface area contributed by atoms with Crippen LogP contribution >= 0.6 is 0 Å². The summed E-state index contributed by atoms with van der Waals surface area (Å²) in [5.74, 6) is -0.188. The first-order valence-electron chi connectivity index (χ1n) is 9.19. The fourth-order valence-corrected chi connectivity index (χ4v) is 3.38. The topological polar surface area (TPSA) is 58.6 Å². The second-order valence-electron chi connectivity index (χ2n) is 6.74. The summed E-state index contributed by atoms with van der Waals surface area (Å²) in [6.07, 6.45) is 0.551. The number of hydrogen-bond acceptors (Lipinski definition) is 3. The molecule has 5 nitrogen and oxygen atoms in total. The number of carbonyl (C=O) groups excluding carboxylic acids is 2. The van der Waals surface area contributed by atoms with Crippen LogP contribution in [0.5, 0.6) is 0 Å². The number of halogens is 1. The minimum Gasteiger partial charge on any atom is -0.415 e. The van der Waals surface area contributed by atoms with Gasteiger partial charge >= 0.3 is 6.09 Å². The molecule has 3 rings (SSSR count). The van der Waals surface area contributed by atoms with Gasteiger partial charge in [-0.25, -0.2) is 9.18 Å². The number of rotatable bonds is 5. The van der Waals surface area contributed by atoms with Crippen LogP contribution < -0.4 is 5.32 Å². The second kappa shape index (κ2) is 8.69. The predicted octanol–water partition coefficient (Wildman–Crippen LogP) is 3.95. The lowest BCUT2D eigenvalue weighted by atomic mass is 9.88. The van der Waals surface area contributed by atoms with Crippen molar-refractivity contribution in [3.63, 3.8) is 0 Å². The van der Waals surface area contributed by atoms with E-state index in [2.05, 4.69) is 11.9 Å². The van der Waals surface area contributed by atoms with Crippen LogP contribution in [0.4, 0.5) is 9.18 Å². The molecule has 2 aromatic carbocycles. The van der Waals surface area contributed by atoms with Gasteiger partial charge < -0.3 is 10.1 Å². The zero-order chi connectivity index (χ0) is 20.1. The number of nitrogens with zero attached hydrogens (tertiary/aromatic N) is 1. The standard InChI is InChI=1S/C22H23FN2O3/c1-15(11-13-24-16(2)26)28-22(27)25-14-12-17-5-3-4-6-20(17)21(25)18-7-9-19(23)10-8-18/h3-10,21H,1,11-14H2,2H3,(H,24,26)/t21-/m0/s1. The summed E-state index contributed by atoms with van der Waals surface area (Å²) in [6.45, 7) is 6.03. The molecule has 2 aromatic rings. The maximum atomic E-state index is 13.4. The Bertz CT molecular complexity index is 880. The third-order valence-electron chi connectivity index (χ3n) is 4.71. The highest BCUT2D eigenvalue weighted by molar-refractivity contribution is 5.73. The van der Waals surface area contributed by atoms with Crippen LogP contribution in [0.3, 0.4) is 0 Å². The number of ether oxygens (including phenoxy) is 1. The van der Waals surface area contributed by atoms with Crippen LogP contribution in [0.1, 0.15) is 36.1 Å². The summed E-state index contributed by atoms with van der Waals surface area (Å²) in [5, 5.41) is 2.64. The van der Waals surface area contributed by atoms with Gasteiger partial charge in [-0.15, -0.1) is 0 Å². The number of fused-ring (bicyclic) bond motifs is 1. The molecule has 0 fully saturated rings. The van der Waals surface area contributed by atoms with Crippen molar-refractivity contribution >= 4 is 12.0 Å². The minimum absolute atomic E-state index is 0.150. The Kier molecular flexibility index (Phi) is 6.09. The van der Waals surface area contributed by atoms with Gasteiger partial charge in [0.1, 0.15) is 11.6 Å². The summed E-state index contributed by atoms with van der Waals surface area (Å²) in [6, 6.07) is 13.7. The van der Waals surface area contributed by atoms with Gasteiger partial charge in [0.05, 0.1) is 6.04 Å². The lowest BCUT2D eigenvalue weighted by Crippen LogP contribution is -2.40. The third-order valence-corrected chi connectivity index (χ3v) is 4.71. The zero-order valence-electron chi connectivity index (χ0n) is 15.8. The third kappa shape index (κ3) is 4.57. The molecule has 6 heteroatoms. The van der Waals surface area contributed by atoms with E-state index in [0.29, 0.717) is 25.9 Å². The van der Waals surface area contributed by atoms with Crippen molar-refractivity contribution in [1.82, 2.24) is 10.2 Å². The van der Waals surface area contributed by atoms with Crippen LogP contribution in [0.2, 0.25) is 0 Å². The normalized spacial score (nSPS) is 15.5. The Labute approximate surface area is 163 Å². The number of nitrogens with one attached hydrogen (secondary N) is 1. The molecule has 1 atom stereocenters. The van der Waals surface area contributed by atoms with E-state index >= 15 is 0 Å². The Morgan fingerprint density at radius 1 is 1.21 bits per heavy atom. The Morgan fingerprint density at radius 3 is 2.64 bits per heavy atom. The van der Waals surface area contributed by atoms with Crippen LogP contribution in [0.25, 0.3) is 0 Å². The highest BCUT2D eigenvalue weighted by Crippen LogP contribution is 2.35. The molecule has 0 unspecified atom stereocenters. The molecule has 0 radical (unpaired) electrons. The molecule has 0 saturated heterocycles. The van der Waals surface area contributed by atoms with Gasteiger partial charge in [-0.05, 0) is 35.2 Å². The number of amides is 2. The molecule has 2 amide bonds. The van der Waals surface area contributed by atoms with E-state index < -0.39 is 6.09 Å². The van der Waals surface area contributed by atoms with Crippen LogP contribution in [-0.2, 0) is 16.0 Å². The van der Waals surface area contributed by atoms with Gasteiger partial charge in [-0.1, -0.05) is 43.0 Å². The average Bonchev–Trinajstić information content (AvgIpc) is 2.67. The highest BCUT2D eigenvalue weighted by Gasteiger charge is 2.33. The molecule has 0 bridgehead atoms. The van der Waals surface area contributed by atoms with Gasteiger partial charge in [0, 0.05) is 26.4 Å². The molecule has 146 valence electrons. The summed E-state index contributed by atoms with van der Waals surface area (Å²) < 4.78 is 18.8.